The summed E-state index contributed by atoms with van der Waals surface area (Å²) in [5.74, 6) is -3.13. The van der Waals surface area contributed by atoms with E-state index in [1.54, 1.807) is 19.1 Å². The Bertz CT molecular complexity index is 403. The average Bonchev–Trinajstić information content (AvgIpc) is 2.36. The van der Waals surface area contributed by atoms with Crippen LogP contribution < -0.4 is 0 Å². The lowest BCUT2D eigenvalue weighted by molar-refractivity contribution is -0.140. The summed E-state index contributed by atoms with van der Waals surface area (Å²) in [5, 5.41) is 0. The predicted molar refractivity (Wildman–Crippen MR) is 65.6 cm³/mol. The average molecular weight is 256 g/mol. The Kier molecular flexibility index (Phi) is 5.25. The van der Waals surface area contributed by atoms with E-state index in [0.717, 1.165) is 5.56 Å². The maximum atomic E-state index is 13.7. The number of hydrogen-bond donors (Lipinski definition) is 0. The first-order valence-electron chi connectivity index (χ1n) is 6.03. The summed E-state index contributed by atoms with van der Waals surface area (Å²) >= 11 is 0. The summed E-state index contributed by atoms with van der Waals surface area (Å²) in [6.45, 7) is 1.73. The molecule has 0 aliphatic heterocycles. The van der Waals surface area contributed by atoms with E-state index in [-0.39, 0.29) is 24.4 Å². The van der Waals surface area contributed by atoms with E-state index >= 15 is 0 Å². The van der Waals surface area contributed by atoms with Gasteiger partial charge in [0.05, 0.1) is 7.11 Å². The van der Waals surface area contributed by atoms with Crippen LogP contribution in [0.25, 0.3) is 0 Å². The third-order valence-electron chi connectivity index (χ3n) is 2.76. The van der Waals surface area contributed by atoms with Crippen molar-refractivity contribution < 1.29 is 18.3 Å². The van der Waals surface area contributed by atoms with Gasteiger partial charge in [-0.1, -0.05) is 31.5 Å². The van der Waals surface area contributed by atoms with Crippen LogP contribution in [0.5, 0.6) is 0 Å². The Morgan fingerprint density at radius 2 is 2.11 bits per heavy atom. The number of alkyl halides is 2. The van der Waals surface area contributed by atoms with Crippen molar-refractivity contribution in [1.29, 1.82) is 0 Å². The van der Waals surface area contributed by atoms with Crippen LogP contribution in [0, 0.1) is 0 Å². The number of esters is 1. The normalized spacial score (nSPS) is 11.3. The number of halogens is 2. The predicted octanol–water partition coefficient (Wildman–Crippen LogP) is 3.68. The molecule has 0 saturated heterocycles. The van der Waals surface area contributed by atoms with Crippen molar-refractivity contribution in [3.05, 3.63) is 35.4 Å². The Labute approximate surface area is 106 Å². The highest BCUT2D eigenvalue weighted by Crippen LogP contribution is 2.33. The summed E-state index contributed by atoms with van der Waals surface area (Å²) in [4.78, 5) is 11.0. The molecule has 0 amide bonds. The second-order valence-electron chi connectivity index (χ2n) is 4.23. The van der Waals surface area contributed by atoms with Crippen molar-refractivity contribution in [2.45, 2.75) is 38.5 Å². The highest BCUT2D eigenvalue weighted by molar-refractivity contribution is 5.69. The van der Waals surface area contributed by atoms with Crippen molar-refractivity contribution in [2.75, 3.05) is 7.11 Å². The minimum Gasteiger partial charge on any atom is -0.469 e. The van der Waals surface area contributed by atoms with Crippen LogP contribution in [0.2, 0.25) is 0 Å². The van der Waals surface area contributed by atoms with Gasteiger partial charge in [-0.15, -0.1) is 0 Å². The molecule has 1 aromatic carbocycles. The van der Waals surface area contributed by atoms with E-state index in [2.05, 4.69) is 4.74 Å². The quantitative estimate of drug-likeness (QED) is 0.726. The molecule has 0 radical (unpaired) electrons. The van der Waals surface area contributed by atoms with Crippen LogP contribution in [0.3, 0.4) is 0 Å². The van der Waals surface area contributed by atoms with Gasteiger partial charge in [0.2, 0.25) is 0 Å². The lowest BCUT2D eigenvalue weighted by Crippen LogP contribution is -2.13. The molecular weight excluding hydrogens is 238 g/mol. The molecule has 0 bridgehead atoms. The van der Waals surface area contributed by atoms with Crippen LogP contribution in [-0.4, -0.2) is 13.1 Å². The molecule has 0 aliphatic carbocycles. The molecule has 0 fully saturated rings. The zero-order valence-corrected chi connectivity index (χ0v) is 10.7. The van der Waals surface area contributed by atoms with Crippen LogP contribution in [0.15, 0.2) is 24.3 Å². The molecule has 18 heavy (non-hydrogen) atoms. The standard InChI is InChI=1S/C14H18F2O2/c1-3-9-14(15,16)12-6-4-5-11(10-12)7-8-13(17)18-2/h4-6,10H,3,7-9H2,1-2H3. The summed E-state index contributed by atoms with van der Waals surface area (Å²) in [6.07, 6.45) is 0.898. The van der Waals surface area contributed by atoms with Gasteiger partial charge in [0.1, 0.15) is 0 Å². The first-order valence-corrected chi connectivity index (χ1v) is 6.03. The monoisotopic (exact) mass is 256 g/mol. The van der Waals surface area contributed by atoms with Gasteiger partial charge < -0.3 is 4.74 Å². The van der Waals surface area contributed by atoms with Gasteiger partial charge in [-0.25, -0.2) is 8.78 Å². The van der Waals surface area contributed by atoms with Crippen molar-refractivity contribution >= 4 is 5.97 Å². The lowest BCUT2D eigenvalue weighted by atomic mass is 10.00. The number of benzene rings is 1. The number of carbonyl (C=O) groups excluding carboxylic acids is 1. The van der Waals surface area contributed by atoms with Gasteiger partial charge in [0.15, 0.2) is 0 Å². The van der Waals surface area contributed by atoms with Crippen molar-refractivity contribution in [2.24, 2.45) is 0 Å². The molecule has 0 heterocycles. The van der Waals surface area contributed by atoms with E-state index in [1.165, 1.54) is 19.2 Å². The summed E-state index contributed by atoms with van der Waals surface area (Å²) in [7, 11) is 1.31. The molecule has 0 unspecified atom stereocenters. The Morgan fingerprint density at radius 1 is 1.39 bits per heavy atom. The lowest BCUT2D eigenvalue weighted by Gasteiger charge is -2.16. The Balaban J connectivity index is 2.76. The van der Waals surface area contributed by atoms with Gasteiger partial charge >= 0.3 is 5.97 Å². The molecule has 4 heteroatoms. The summed E-state index contributed by atoms with van der Waals surface area (Å²) in [6, 6.07) is 6.25. The van der Waals surface area contributed by atoms with E-state index < -0.39 is 5.92 Å². The van der Waals surface area contributed by atoms with Gasteiger partial charge in [-0.05, 0) is 18.1 Å². The molecule has 1 rings (SSSR count). The molecule has 0 N–H and O–H groups in total. The van der Waals surface area contributed by atoms with Crippen LogP contribution in [0.4, 0.5) is 8.78 Å². The second kappa shape index (κ2) is 6.47. The molecule has 2 nitrogen and oxygen atoms in total. The van der Waals surface area contributed by atoms with Gasteiger partial charge in [-0.2, -0.15) is 0 Å². The number of carbonyl (C=O) groups is 1. The fraction of sp³-hybridized carbons (Fsp3) is 0.500. The largest absolute Gasteiger partial charge is 0.469 e. The van der Waals surface area contributed by atoms with Crippen LogP contribution >= 0.6 is 0 Å². The summed E-state index contributed by atoms with van der Waals surface area (Å²) < 4.78 is 31.9. The molecule has 0 spiro atoms. The molecule has 0 atom stereocenters. The van der Waals surface area contributed by atoms with E-state index in [4.69, 9.17) is 0 Å². The van der Waals surface area contributed by atoms with Crippen molar-refractivity contribution in [3.63, 3.8) is 0 Å². The third-order valence-corrected chi connectivity index (χ3v) is 2.76. The van der Waals surface area contributed by atoms with Crippen LogP contribution in [0.1, 0.15) is 37.3 Å². The van der Waals surface area contributed by atoms with E-state index in [0.29, 0.717) is 12.8 Å². The Hall–Kier alpha value is -1.45. The number of rotatable bonds is 6. The number of ether oxygens (including phenoxy) is 1. The van der Waals surface area contributed by atoms with Gasteiger partial charge in [0.25, 0.3) is 5.92 Å². The molecule has 1 aromatic rings. The van der Waals surface area contributed by atoms with Gasteiger partial charge in [-0.3, -0.25) is 4.79 Å². The van der Waals surface area contributed by atoms with Crippen LogP contribution in [-0.2, 0) is 21.9 Å². The maximum Gasteiger partial charge on any atom is 0.305 e. The fourth-order valence-electron chi connectivity index (χ4n) is 1.76. The third kappa shape index (κ3) is 4.09. The molecule has 0 aromatic heterocycles. The van der Waals surface area contributed by atoms with E-state index in [9.17, 15) is 13.6 Å². The number of methoxy groups -OCH3 is 1. The highest BCUT2D eigenvalue weighted by atomic mass is 19.3. The maximum absolute atomic E-state index is 13.7. The minimum absolute atomic E-state index is 0.0201. The zero-order chi connectivity index (χ0) is 13.6. The fourth-order valence-corrected chi connectivity index (χ4v) is 1.76. The second-order valence-corrected chi connectivity index (χ2v) is 4.23. The SMILES string of the molecule is CCCC(F)(F)c1cccc(CCC(=O)OC)c1. The number of aryl methyl sites for hydroxylation is 1. The molecular formula is C14H18F2O2. The molecule has 0 saturated carbocycles. The number of hydrogen-bond acceptors (Lipinski definition) is 2. The topological polar surface area (TPSA) is 26.3 Å². The minimum atomic E-state index is -2.80. The van der Waals surface area contributed by atoms with Crippen molar-refractivity contribution in [3.8, 4) is 0 Å². The zero-order valence-electron chi connectivity index (χ0n) is 10.7. The Morgan fingerprint density at radius 3 is 2.72 bits per heavy atom. The molecule has 100 valence electrons. The van der Waals surface area contributed by atoms with Gasteiger partial charge in [0, 0.05) is 18.4 Å². The molecule has 0 aliphatic rings. The van der Waals surface area contributed by atoms with E-state index in [1.807, 2.05) is 0 Å². The first-order chi connectivity index (χ1) is 8.49. The first kappa shape index (κ1) is 14.6. The van der Waals surface area contributed by atoms with Crippen molar-refractivity contribution in [1.82, 2.24) is 0 Å². The smallest absolute Gasteiger partial charge is 0.305 e. The highest BCUT2D eigenvalue weighted by Gasteiger charge is 2.30. The summed E-state index contributed by atoms with van der Waals surface area (Å²) in [5.41, 5.74) is 0.750.